The van der Waals surface area contributed by atoms with E-state index in [0.29, 0.717) is 5.82 Å². The number of rotatable bonds is 5. The van der Waals surface area contributed by atoms with Crippen LogP contribution in [-0.2, 0) is 0 Å². The van der Waals surface area contributed by atoms with Crippen molar-refractivity contribution in [2.45, 2.75) is 13.1 Å². The summed E-state index contributed by atoms with van der Waals surface area (Å²) in [7, 11) is -2.05. The van der Waals surface area contributed by atoms with Crippen molar-refractivity contribution in [3.8, 4) is 67.7 Å². The van der Waals surface area contributed by atoms with Crippen LogP contribution in [0.3, 0.4) is 0 Å². The van der Waals surface area contributed by atoms with Gasteiger partial charge in [-0.15, -0.1) is 0 Å². The molecule has 0 aliphatic carbocycles. The molecule has 0 N–H and O–H groups in total. The Kier molecular flexibility index (Phi) is 6.54. The molecule has 4 nitrogen and oxygen atoms in total. The molecular formula is C40H30N4Si. The predicted molar refractivity (Wildman–Crippen MR) is 187 cm³/mol. The SMILES string of the molecule is C[Si]1(C)c2ccccc2-c2c(-c3ccccc3)nc(-c3cccc(-c4cc(-c5ccccc5)nc(-c5ccccc5)n4)c3)nc21. The van der Waals surface area contributed by atoms with Crippen molar-refractivity contribution in [2.24, 2.45) is 0 Å². The molecule has 0 saturated carbocycles. The van der Waals surface area contributed by atoms with Gasteiger partial charge in [0.1, 0.15) is 8.07 Å². The number of nitrogens with zero attached hydrogens (tertiary/aromatic N) is 4. The van der Waals surface area contributed by atoms with Crippen molar-refractivity contribution in [3.05, 3.63) is 146 Å². The normalized spacial score (nSPS) is 12.8. The zero-order valence-corrected chi connectivity index (χ0v) is 26.1. The highest BCUT2D eigenvalue weighted by Gasteiger charge is 2.41. The monoisotopic (exact) mass is 594 g/mol. The van der Waals surface area contributed by atoms with Crippen molar-refractivity contribution in [3.63, 3.8) is 0 Å². The lowest BCUT2D eigenvalue weighted by Crippen LogP contribution is -2.50. The quantitative estimate of drug-likeness (QED) is 0.188. The average molecular weight is 595 g/mol. The van der Waals surface area contributed by atoms with Crippen LogP contribution in [-0.4, -0.2) is 28.0 Å². The highest BCUT2D eigenvalue weighted by atomic mass is 28.3. The first kappa shape index (κ1) is 27.1. The van der Waals surface area contributed by atoms with Crippen LogP contribution >= 0.6 is 0 Å². The molecular weight excluding hydrogens is 565 g/mol. The van der Waals surface area contributed by atoms with Gasteiger partial charge in [0.15, 0.2) is 11.6 Å². The Hall–Kier alpha value is -5.52. The van der Waals surface area contributed by atoms with E-state index in [1.54, 1.807) is 0 Å². The minimum absolute atomic E-state index is 0.697. The Bertz CT molecular complexity index is 2120. The number of fused-ring (bicyclic) bond motifs is 3. The van der Waals surface area contributed by atoms with E-state index in [4.69, 9.17) is 19.9 Å². The van der Waals surface area contributed by atoms with Crippen LogP contribution in [0.2, 0.25) is 13.1 Å². The smallest absolute Gasteiger partial charge is 0.160 e. The van der Waals surface area contributed by atoms with Crippen molar-refractivity contribution >= 4 is 18.6 Å². The van der Waals surface area contributed by atoms with Gasteiger partial charge < -0.3 is 0 Å². The van der Waals surface area contributed by atoms with E-state index < -0.39 is 8.07 Å². The molecule has 1 aliphatic rings. The van der Waals surface area contributed by atoms with Crippen LogP contribution in [0.1, 0.15) is 0 Å². The molecule has 1 aliphatic heterocycles. The Morgan fingerprint density at radius 3 is 1.67 bits per heavy atom. The molecule has 7 aromatic rings. The topological polar surface area (TPSA) is 51.6 Å². The summed E-state index contributed by atoms with van der Waals surface area (Å²) in [5.74, 6) is 1.44. The summed E-state index contributed by atoms with van der Waals surface area (Å²) >= 11 is 0. The predicted octanol–water partition coefficient (Wildman–Crippen LogP) is 8.40. The van der Waals surface area contributed by atoms with Crippen LogP contribution in [0.25, 0.3) is 67.7 Å². The zero-order chi connectivity index (χ0) is 30.4. The lowest BCUT2D eigenvalue weighted by molar-refractivity contribution is 1.18. The fourth-order valence-corrected chi connectivity index (χ4v) is 9.27. The molecule has 0 fully saturated rings. The average Bonchev–Trinajstić information content (AvgIpc) is 3.35. The Morgan fingerprint density at radius 2 is 0.956 bits per heavy atom. The van der Waals surface area contributed by atoms with Crippen LogP contribution in [0.4, 0.5) is 0 Å². The van der Waals surface area contributed by atoms with Gasteiger partial charge in [0, 0.05) is 38.7 Å². The van der Waals surface area contributed by atoms with Crippen LogP contribution in [0.15, 0.2) is 146 Å². The fraction of sp³-hybridized carbons (Fsp3) is 0.0500. The molecule has 2 aromatic heterocycles. The molecule has 0 amide bonds. The fourth-order valence-electron chi connectivity index (χ4n) is 6.36. The van der Waals surface area contributed by atoms with E-state index in [1.165, 1.54) is 21.6 Å². The molecule has 0 bridgehead atoms. The zero-order valence-electron chi connectivity index (χ0n) is 25.1. The molecule has 0 saturated heterocycles. The lowest BCUT2D eigenvalue weighted by Gasteiger charge is -2.19. The molecule has 45 heavy (non-hydrogen) atoms. The second-order valence-electron chi connectivity index (χ2n) is 11.9. The number of hydrogen-bond acceptors (Lipinski definition) is 4. The van der Waals surface area contributed by atoms with Crippen molar-refractivity contribution in [1.82, 2.24) is 19.9 Å². The summed E-state index contributed by atoms with van der Waals surface area (Å²) < 4.78 is 0. The van der Waals surface area contributed by atoms with Crippen molar-refractivity contribution in [1.29, 1.82) is 0 Å². The van der Waals surface area contributed by atoms with E-state index in [1.807, 2.05) is 36.4 Å². The molecule has 0 radical (unpaired) electrons. The van der Waals surface area contributed by atoms with E-state index in [0.717, 1.165) is 50.7 Å². The van der Waals surface area contributed by atoms with Gasteiger partial charge in [0.25, 0.3) is 0 Å². The highest BCUT2D eigenvalue weighted by Crippen LogP contribution is 2.37. The molecule has 5 aromatic carbocycles. The van der Waals surface area contributed by atoms with Gasteiger partial charge in [0.05, 0.1) is 17.1 Å². The van der Waals surface area contributed by atoms with Crippen LogP contribution in [0.5, 0.6) is 0 Å². The van der Waals surface area contributed by atoms with E-state index in [9.17, 15) is 0 Å². The van der Waals surface area contributed by atoms with Crippen molar-refractivity contribution in [2.75, 3.05) is 0 Å². The second-order valence-corrected chi connectivity index (χ2v) is 16.2. The maximum absolute atomic E-state index is 5.36. The van der Waals surface area contributed by atoms with E-state index in [-0.39, 0.29) is 0 Å². The van der Waals surface area contributed by atoms with Gasteiger partial charge in [-0.25, -0.2) is 19.9 Å². The summed E-state index contributed by atoms with van der Waals surface area (Å²) in [6.45, 7) is 4.80. The first-order chi connectivity index (χ1) is 22.1. The maximum Gasteiger partial charge on any atom is 0.160 e. The molecule has 5 heteroatoms. The first-order valence-corrected chi connectivity index (χ1v) is 18.2. The van der Waals surface area contributed by atoms with Gasteiger partial charge >= 0.3 is 0 Å². The summed E-state index contributed by atoms with van der Waals surface area (Å²) in [4.78, 5) is 20.7. The van der Waals surface area contributed by atoms with Gasteiger partial charge in [0.2, 0.25) is 0 Å². The molecule has 0 unspecified atom stereocenters. The molecule has 3 heterocycles. The third kappa shape index (κ3) is 4.78. The Balaban J connectivity index is 1.31. The van der Waals surface area contributed by atoms with Gasteiger partial charge in [-0.05, 0) is 22.9 Å². The molecule has 0 spiro atoms. The summed E-state index contributed by atoms with van der Waals surface area (Å²) in [6.07, 6.45) is 0. The lowest BCUT2D eigenvalue weighted by atomic mass is 10.00. The summed E-state index contributed by atoms with van der Waals surface area (Å²) in [5.41, 5.74) is 10.3. The van der Waals surface area contributed by atoms with Crippen LogP contribution in [0, 0.1) is 0 Å². The number of benzene rings is 5. The highest BCUT2D eigenvalue weighted by molar-refractivity contribution is 7.03. The minimum atomic E-state index is -2.05. The largest absolute Gasteiger partial charge is 0.237 e. The number of aromatic nitrogens is 4. The molecule has 214 valence electrons. The van der Waals surface area contributed by atoms with E-state index >= 15 is 0 Å². The standard InChI is InChI=1S/C40H30N4Si/c1-45(2)35-24-13-12-23-32(35)36-37(28-17-8-4-9-18-28)43-39(44-40(36)45)31-22-14-21-30(25-31)34-26-33(27-15-6-3-7-16-27)41-38(42-34)29-19-10-5-11-20-29/h3-26H,1-2H3. The Morgan fingerprint density at radius 1 is 0.422 bits per heavy atom. The van der Waals surface area contributed by atoms with Crippen molar-refractivity contribution < 1.29 is 0 Å². The minimum Gasteiger partial charge on any atom is -0.237 e. The first-order valence-electron chi connectivity index (χ1n) is 15.2. The van der Waals surface area contributed by atoms with Gasteiger partial charge in [-0.2, -0.15) is 0 Å². The second kappa shape index (κ2) is 10.9. The van der Waals surface area contributed by atoms with Crippen LogP contribution < -0.4 is 10.5 Å². The third-order valence-electron chi connectivity index (χ3n) is 8.66. The third-order valence-corrected chi connectivity index (χ3v) is 12.0. The Labute approximate surface area is 264 Å². The molecule has 8 rings (SSSR count). The summed E-state index contributed by atoms with van der Waals surface area (Å²) in [5, 5.41) is 2.61. The number of hydrogen-bond donors (Lipinski definition) is 0. The molecule has 0 atom stereocenters. The van der Waals surface area contributed by atoms with E-state index in [2.05, 4.69) is 122 Å². The summed E-state index contributed by atoms with van der Waals surface area (Å²) in [6, 6.07) is 50.3. The van der Waals surface area contributed by atoms with Gasteiger partial charge in [-0.1, -0.05) is 147 Å². The van der Waals surface area contributed by atoms with Gasteiger partial charge in [-0.3, -0.25) is 0 Å². The maximum atomic E-state index is 5.36.